The minimum Gasteiger partial charge on any atom is -0.478 e. The number of nitrogens with zero attached hydrogens (tertiary/aromatic N) is 2. The molecule has 70 valence electrons. The molecule has 0 radical (unpaired) electrons. The molecule has 0 spiro atoms. The summed E-state index contributed by atoms with van der Waals surface area (Å²) in [7, 11) is 3.61. The smallest absolute Gasteiger partial charge is 0.339 e. The Hall–Kier alpha value is -1.58. The molecule has 0 bridgehead atoms. The molecule has 0 aliphatic heterocycles. The summed E-state index contributed by atoms with van der Waals surface area (Å²) >= 11 is 0. The second kappa shape index (κ2) is 3.43. The molecule has 1 aromatic heterocycles. The van der Waals surface area contributed by atoms with Crippen molar-refractivity contribution in [1.82, 2.24) is 4.98 Å². The average Bonchev–Trinajstić information content (AvgIpc) is 2.03. The predicted octanol–water partition coefficient (Wildman–Crippen LogP) is 1.15. The summed E-state index contributed by atoms with van der Waals surface area (Å²) in [5.74, 6) is -0.948. The zero-order chi connectivity index (χ0) is 10.0. The van der Waals surface area contributed by atoms with Gasteiger partial charge >= 0.3 is 5.97 Å². The first-order valence-corrected chi connectivity index (χ1v) is 3.89. The molecule has 0 aliphatic rings. The molecule has 1 rings (SSSR count). The van der Waals surface area contributed by atoms with Crippen LogP contribution in [0.25, 0.3) is 0 Å². The monoisotopic (exact) mass is 180 g/mol. The van der Waals surface area contributed by atoms with Gasteiger partial charge in [-0.05, 0) is 13.0 Å². The van der Waals surface area contributed by atoms with Crippen LogP contribution in [-0.4, -0.2) is 30.2 Å². The summed E-state index contributed by atoms with van der Waals surface area (Å²) in [5, 5.41) is 8.84. The number of aryl methyl sites for hydroxylation is 1. The van der Waals surface area contributed by atoms with Gasteiger partial charge in [-0.25, -0.2) is 4.79 Å². The molecule has 0 fully saturated rings. The zero-order valence-electron chi connectivity index (χ0n) is 7.90. The van der Waals surface area contributed by atoms with Gasteiger partial charge in [0.2, 0.25) is 0 Å². The number of carboxylic acids is 1. The van der Waals surface area contributed by atoms with E-state index in [4.69, 9.17) is 5.11 Å². The maximum Gasteiger partial charge on any atom is 0.339 e. The summed E-state index contributed by atoms with van der Waals surface area (Å²) in [6.45, 7) is 1.83. The first-order valence-electron chi connectivity index (χ1n) is 3.89. The van der Waals surface area contributed by atoms with Crippen LogP contribution in [0.5, 0.6) is 0 Å². The fourth-order valence-electron chi connectivity index (χ4n) is 1.08. The van der Waals surface area contributed by atoms with Crippen molar-refractivity contribution >= 4 is 11.7 Å². The van der Waals surface area contributed by atoms with Gasteiger partial charge in [0.1, 0.15) is 5.56 Å². The van der Waals surface area contributed by atoms with Gasteiger partial charge in [0.25, 0.3) is 0 Å². The minimum absolute atomic E-state index is 0.232. The Bertz CT molecular complexity index is 334. The van der Waals surface area contributed by atoms with E-state index in [1.807, 2.05) is 6.92 Å². The maximum absolute atomic E-state index is 10.8. The highest BCUT2D eigenvalue weighted by Gasteiger charge is 2.11. The van der Waals surface area contributed by atoms with Crippen LogP contribution in [0.3, 0.4) is 0 Å². The fourth-order valence-corrected chi connectivity index (χ4v) is 1.08. The lowest BCUT2D eigenvalue weighted by atomic mass is 10.2. The van der Waals surface area contributed by atoms with Gasteiger partial charge in [-0.15, -0.1) is 0 Å². The number of carboxylic acid groups (broad SMARTS) is 1. The van der Waals surface area contributed by atoms with Crippen LogP contribution in [-0.2, 0) is 0 Å². The van der Waals surface area contributed by atoms with E-state index >= 15 is 0 Å². The van der Waals surface area contributed by atoms with Crippen LogP contribution < -0.4 is 4.90 Å². The molecule has 4 heteroatoms. The van der Waals surface area contributed by atoms with Crippen molar-refractivity contribution in [2.24, 2.45) is 0 Å². The van der Waals surface area contributed by atoms with Gasteiger partial charge in [-0.3, -0.25) is 4.98 Å². The molecule has 1 aromatic rings. The van der Waals surface area contributed by atoms with E-state index in [1.54, 1.807) is 25.1 Å². The normalized spacial score (nSPS) is 9.77. The van der Waals surface area contributed by atoms with E-state index < -0.39 is 5.97 Å². The Kier molecular flexibility index (Phi) is 2.51. The molecule has 1 N–H and O–H groups in total. The molecule has 13 heavy (non-hydrogen) atoms. The Morgan fingerprint density at radius 3 is 2.62 bits per heavy atom. The van der Waals surface area contributed by atoms with E-state index in [1.165, 1.54) is 6.20 Å². The number of hydrogen-bond donors (Lipinski definition) is 1. The van der Waals surface area contributed by atoms with Crippen LogP contribution in [0, 0.1) is 6.92 Å². The van der Waals surface area contributed by atoms with E-state index in [0.29, 0.717) is 5.69 Å². The number of pyridine rings is 1. The van der Waals surface area contributed by atoms with Crippen LogP contribution in [0.2, 0.25) is 0 Å². The highest BCUT2D eigenvalue weighted by atomic mass is 16.4. The summed E-state index contributed by atoms with van der Waals surface area (Å²) in [4.78, 5) is 16.5. The summed E-state index contributed by atoms with van der Waals surface area (Å²) in [6.07, 6.45) is 1.38. The highest BCUT2D eigenvalue weighted by molar-refractivity contribution is 5.94. The molecular formula is C9H12N2O2. The number of rotatable bonds is 2. The molecular weight excluding hydrogens is 168 g/mol. The topological polar surface area (TPSA) is 53.4 Å². The second-order valence-electron chi connectivity index (χ2n) is 3.04. The molecule has 0 aliphatic carbocycles. The lowest BCUT2D eigenvalue weighted by Crippen LogP contribution is -2.14. The molecule has 0 atom stereocenters. The summed E-state index contributed by atoms with van der Waals surface area (Å²) in [6, 6.07) is 1.75. The number of hydrogen-bond acceptors (Lipinski definition) is 3. The fraction of sp³-hybridized carbons (Fsp3) is 0.333. The Balaban J connectivity index is 3.26. The van der Waals surface area contributed by atoms with Crippen molar-refractivity contribution < 1.29 is 9.90 Å². The first-order chi connectivity index (χ1) is 6.02. The summed E-state index contributed by atoms with van der Waals surface area (Å²) < 4.78 is 0. The third kappa shape index (κ3) is 1.96. The molecule has 1 heterocycles. The molecule has 4 nitrogen and oxygen atoms in total. The third-order valence-electron chi connectivity index (χ3n) is 1.73. The lowest BCUT2D eigenvalue weighted by Gasteiger charge is -2.15. The third-order valence-corrected chi connectivity index (χ3v) is 1.73. The minimum atomic E-state index is -0.948. The van der Waals surface area contributed by atoms with Gasteiger partial charge in [-0.2, -0.15) is 0 Å². The molecule has 0 unspecified atom stereocenters. The van der Waals surface area contributed by atoms with Gasteiger partial charge in [0, 0.05) is 26.0 Å². The van der Waals surface area contributed by atoms with Crippen LogP contribution in [0.15, 0.2) is 12.3 Å². The van der Waals surface area contributed by atoms with E-state index in [-0.39, 0.29) is 5.56 Å². The SMILES string of the molecule is Cc1cc(N(C)C)c(C(=O)O)cn1. The van der Waals surface area contributed by atoms with Crippen molar-refractivity contribution in [1.29, 1.82) is 0 Å². The van der Waals surface area contributed by atoms with Gasteiger partial charge in [-0.1, -0.05) is 0 Å². The van der Waals surface area contributed by atoms with Gasteiger partial charge < -0.3 is 10.0 Å². The number of aromatic carboxylic acids is 1. The van der Waals surface area contributed by atoms with Crippen molar-refractivity contribution in [2.75, 3.05) is 19.0 Å². The quantitative estimate of drug-likeness (QED) is 0.741. The number of carbonyl (C=O) groups is 1. The predicted molar refractivity (Wildman–Crippen MR) is 50.3 cm³/mol. The van der Waals surface area contributed by atoms with Crippen molar-refractivity contribution in [2.45, 2.75) is 6.92 Å². The molecule has 0 amide bonds. The van der Waals surface area contributed by atoms with Gasteiger partial charge in [0.05, 0.1) is 5.69 Å². The standard InChI is InChI=1S/C9H12N2O2/c1-6-4-8(11(2)3)7(5-10-6)9(12)13/h4-5H,1-3H3,(H,12,13). The van der Waals surface area contributed by atoms with Crippen LogP contribution >= 0.6 is 0 Å². The Labute approximate surface area is 76.8 Å². The van der Waals surface area contributed by atoms with Crippen LogP contribution in [0.1, 0.15) is 16.1 Å². The van der Waals surface area contributed by atoms with Crippen LogP contribution in [0.4, 0.5) is 5.69 Å². The molecule has 0 saturated heterocycles. The van der Waals surface area contributed by atoms with E-state index in [2.05, 4.69) is 4.98 Å². The number of anilines is 1. The first kappa shape index (κ1) is 9.51. The second-order valence-corrected chi connectivity index (χ2v) is 3.04. The average molecular weight is 180 g/mol. The largest absolute Gasteiger partial charge is 0.478 e. The summed E-state index contributed by atoms with van der Waals surface area (Å²) in [5.41, 5.74) is 1.73. The number of aromatic nitrogens is 1. The van der Waals surface area contributed by atoms with Crippen molar-refractivity contribution in [3.05, 3.63) is 23.5 Å². The highest BCUT2D eigenvalue weighted by Crippen LogP contribution is 2.18. The van der Waals surface area contributed by atoms with E-state index in [0.717, 1.165) is 5.69 Å². The Morgan fingerprint density at radius 2 is 2.15 bits per heavy atom. The van der Waals surface area contributed by atoms with Gasteiger partial charge in [0.15, 0.2) is 0 Å². The Morgan fingerprint density at radius 1 is 1.54 bits per heavy atom. The zero-order valence-corrected chi connectivity index (χ0v) is 7.90. The van der Waals surface area contributed by atoms with Crippen molar-refractivity contribution in [3.63, 3.8) is 0 Å². The molecule has 0 aromatic carbocycles. The van der Waals surface area contributed by atoms with E-state index in [9.17, 15) is 4.79 Å². The lowest BCUT2D eigenvalue weighted by molar-refractivity contribution is 0.0697. The maximum atomic E-state index is 10.8. The molecule has 0 saturated carbocycles. The van der Waals surface area contributed by atoms with Crippen molar-refractivity contribution in [3.8, 4) is 0 Å².